The zero-order valence-corrected chi connectivity index (χ0v) is 12.1. The highest BCUT2D eigenvalue weighted by Crippen LogP contribution is 2.20. The highest BCUT2D eigenvalue weighted by atomic mass is 16.2. The van der Waals surface area contributed by atoms with Crippen molar-refractivity contribution < 1.29 is 9.59 Å². The van der Waals surface area contributed by atoms with Gasteiger partial charge in [0, 0.05) is 6.54 Å². The van der Waals surface area contributed by atoms with E-state index in [4.69, 9.17) is 0 Å². The van der Waals surface area contributed by atoms with Crippen LogP contribution in [0.2, 0.25) is 0 Å². The molecule has 0 aromatic rings. The smallest absolute Gasteiger partial charge is 0.248 e. The zero-order chi connectivity index (χ0) is 13.8. The molecule has 1 fully saturated rings. The molecule has 1 N–H and O–H groups in total. The summed E-state index contributed by atoms with van der Waals surface area (Å²) in [6.45, 7) is 8.37. The van der Waals surface area contributed by atoms with Crippen molar-refractivity contribution in [2.75, 3.05) is 6.54 Å². The quantitative estimate of drug-likeness (QED) is 0.738. The number of hydrogen-bond donors (Lipinski definition) is 1. The predicted octanol–water partition coefficient (Wildman–Crippen LogP) is 2.08. The molecule has 1 aliphatic heterocycles. The van der Waals surface area contributed by atoms with E-state index in [2.05, 4.69) is 12.2 Å². The van der Waals surface area contributed by atoms with Crippen molar-refractivity contribution in [3.05, 3.63) is 0 Å². The Kier molecular flexibility index (Phi) is 5.17. The maximum Gasteiger partial charge on any atom is 0.248 e. The van der Waals surface area contributed by atoms with Crippen LogP contribution in [-0.2, 0) is 9.59 Å². The predicted molar refractivity (Wildman–Crippen MR) is 72.2 cm³/mol. The van der Waals surface area contributed by atoms with Gasteiger partial charge in [-0.05, 0) is 26.7 Å². The SMILES string of the molecule is CCCCCCN1C(=O)C(C)(C)NC(=O)C1CC. The number of hydrogen-bond acceptors (Lipinski definition) is 2. The molecule has 104 valence electrons. The van der Waals surface area contributed by atoms with Gasteiger partial charge in [-0.25, -0.2) is 0 Å². The molecular weight excluding hydrogens is 228 g/mol. The van der Waals surface area contributed by atoms with Crippen molar-refractivity contribution in [3.63, 3.8) is 0 Å². The Bertz CT molecular complexity index is 313. The molecule has 4 heteroatoms. The van der Waals surface area contributed by atoms with Crippen LogP contribution in [-0.4, -0.2) is 34.8 Å². The van der Waals surface area contributed by atoms with Crippen LogP contribution >= 0.6 is 0 Å². The molecule has 0 radical (unpaired) electrons. The highest BCUT2D eigenvalue weighted by Gasteiger charge is 2.43. The van der Waals surface area contributed by atoms with Crippen molar-refractivity contribution in [2.24, 2.45) is 0 Å². The molecule has 4 nitrogen and oxygen atoms in total. The average molecular weight is 254 g/mol. The summed E-state index contributed by atoms with van der Waals surface area (Å²) in [4.78, 5) is 26.1. The molecule has 1 aliphatic rings. The molecule has 1 rings (SSSR count). The van der Waals surface area contributed by atoms with Crippen LogP contribution in [0.4, 0.5) is 0 Å². The van der Waals surface area contributed by atoms with Crippen LogP contribution in [0.3, 0.4) is 0 Å². The first-order valence-corrected chi connectivity index (χ1v) is 7.07. The van der Waals surface area contributed by atoms with Crippen LogP contribution < -0.4 is 5.32 Å². The van der Waals surface area contributed by atoms with Gasteiger partial charge in [0.15, 0.2) is 0 Å². The summed E-state index contributed by atoms with van der Waals surface area (Å²) in [5.41, 5.74) is -0.756. The van der Waals surface area contributed by atoms with E-state index >= 15 is 0 Å². The molecule has 0 spiro atoms. The van der Waals surface area contributed by atoms with Crippen LogP contribution in [0, 0.1) is 0 Å². The molecule has 0 saturated carbocycles. The van der Waals surface area contributed by atoms with E-state index < -0.39 is 5.54 Å². The first kappa shape index (κ1) is 15.0. The number of piperazine rings is 1. The lowest BCUT2D eigenvalue weighted by atomic mass is 9.95. The van der Waals surface area contributed by atoms with E-state index in [1.54, 1.807) is 18.7 Å². The van der Waals surface area contributed by atoms with Gasteiger partial charge in [0.05, 0.1) is 0 Å². The fourth-order valence-electron chi connectivity index (χ4n) is 2.46. The number of nitrogens with one attached hydrogen (secondary N) is 1. The largest absolute Gasteiger partial charge is 0.340 e. The summed E-state index contributed by atoms with van der Waals surface area (Å²) in [5, 5.41) is 2.81. The molecule has 0 bridgehead atoms. The summed E-state index contributed by atoms with van der Waals surface area (Å²) < 4.78 is 0. The lowest BCUT2D eigenvalue weighted by molar-refractivity contribution is -0.153. The second kappa shape index (κ2) is 6.21. The van der Waals surface area contributed by atoms with Gasteiger partial charge in [0.2, 0.25) is 11.8 Å². The van der Waals surface area contributed by atoms with E-state index in [1.165, 1.54) is 12.8 Å². The van der Waals surface area contributed by atoms with E-state index in [0.717, 1.165) is 12.8 Å². The molecule has 0 aliphatic carbocycles. The summed E-state index contributed by atoms with van der Waals surface area (Å²) in [5.74, 6) is 0.0306. The Morgan fingerprint density at radius 3 is 2.39 bits per heavy atom. The Balaban J connectivity index is 2.68. The Labute approximate surface area is 110 Å². The van der Waals surface area contributed by atoms with Gasteiger partial charge in [-0.15, -0.1) is 0 Å². The van der Waals surface area contributed by atoms with E-state index in [9.17, 15) is 9.59 Å². The number of carbonyl (C=O) groups excluding carboxylic acids is 2. The standard InChI is InChI=1S/C14H26N2O2/c1-5-7-8-9-10-16-11(6-2)12(17)15-14(3,4)13(16)18/h11H,5-10H2,1-4H3,(H,15,17). The van der Waals surface area contributed by atoms with Gasteiger partial charge in [-0.2, -0.15) is 0 Å². The number of amides is 2. The minimum Gasteiger partial charge on any atom is -0.340 e. The zero-order valence-electron chi connectivity index (χ0n) is 12.1. The molecule has 18 heavy (non-hydrogen) atoms. The first-order valence-electron chi connectivity index (χ1n) is 7.07. The Morgan fingerprint density at radius 2 is 1.83 bits per heavy atom. The van der Waals surface area contributed by atoms with E-state index in [-0.39, 0.29) is 17.9 Å². The van der Waals surface area contributed by atoms with Gasteiger partial charge in [0.25, 0.3) is 0 Å². The second-order valence-corrected chi connectivity index (χ2v) is 5.60. The minimum atomic E-state index is -0.756. The molecule has 1 atom stereocenters. The highest BCUT2D eigenvalue weighted by molar-refractivity contribution is 5.99. The third kappa shape index (κ3) is 3.24. The minimum absolute atomic E-state index is 0.0161. The second-order valence-electron chi connectivity index (χ2n) is 5.60. The van der Waals surface area contributed by atoms with E-state index in [1.807, 2.05) is 6.92 Å². The van der Waals surface area contributed by atoms with Gasteiger partial charge >= 0.3 is 0 Å². The van der Waals surface area contributed by atoms with Crippen LogP contribution in [0.1, 0.15) is 59.8 Å². The number of rotatable bonds is 6. The third-order valence-corrected chi connectivity index (χ3v) is 3.55. The average Bonchev–Trinajstić information content (AvgIpc) is 2.30. The Hall–Kier alpha value is -1.06. The molecule has 1 saturated heterocycles. The fourth-order valence-corrected chi connectivity index (χ4v) is 2.46. The normalized spacial score (nSPS) is 23.1. The topological polar surface area (TPSA) is 49.4 Å². The molecule has 1 heterocycles. The van der Waals surface area contributed by atoms with Gasteiger partial charge in [0.1, 0.15) is 11.6 Å². The summed E-state index contributed by atoms with van der Waals surface area (Å²) in [7, 11) is 0. The lowest BCUT2D eigenvalue weighted by Gasteiger charge is -2.42. The van der Waals surface area contributed by atoms with Crippen LogP contribution in [0.15, 0.2) is 0 Å². The third-order valence-electron chi connectivity index (χ3n) is 3.55. The summed E-state index contributed by atoms with van der Waals surface area (Å²) in [6, 6.07) is -0.285. The summed E-state index contributed by atoms with van der Waals surface area (Å²) >= 11 is 0. The maximum atomic E-state index is 12.3. The van der Waals surface area contributed by atoms with Gasteiger partial charge in [-0.3, -0.25) is 9.59 Å². The number of nitrogens with zero attached hydrogens (tertiary/aromatic N) is 1. The fraction of sp³-hybridized carbons (Fsp3) is 0.857. The first-order chi connectivity index (χ1) is 8.44. The molecule has 2 amide bonds. The summed E-state index contributed by atoms with van der Waals surface area (Å²) in [6.07, 6.45) is 5.16. The van der Waals surface area contributed by atoms with E-state index in [0.29, 0.717) is 13.0 Å². The number of unbranched alkanes of at least 4 members (excludes halogenated alkanes) is 3. The Morgan fingerprint density at radius 1 is 1.17 bits per heavy atom. The molecule has 1 unspecified atom stereocenters. The van der Waals surface area contributed by atoms with Crippen molar-refractivity contribution in [1.82, 2.24) is 10.2 Å². The molecule has 0 aromatic carbocycles. The van der Waals surface area contributed by atoms with Crippen LogP contribution in [0.25, 0.3) is 0 Å². The molecule has 0 aromatic heterocycles. The van der Waals surface area contributed by atoms with Crippen LogP contribution in [0.5, 0.6) is 0 Å². The van der Waals surface area contributed by atoms with Gasteiger partial charge < -0.3 is 10.2 Å². The van der Waals surface area contributed by atoms with Crippen molar-refractivity contribution in [3.8, 4) is 0 Å². The van der Waals surface area contributed by atoms with Crippen molar-refractivity contribution in [2.45, 2.75) is 71.4 Å². The maximum absolute atomic E-state index is 12.3. The lowest BCUT2D eigenvalue weighted by Crippen LogP contribution is -2.68. The number of carbonyl (C=O) groups is 2. The van der Waals surface area contributed by atoms with Crippen molar-refractivity contribution >= 4 is 11.8 Å². The molecular formula is C14H26N2O2. The monoisotopic (exact) mass is 254 g/mol. The van der Waals surface area contributed by atoms with Crippen molar-refractivity contribution in [1.29, 1.82) is 0 Å². The van der Waals surface area contributed by atoms with Gasteiger partial charge in [-0.1, -0.05) is 33.1 Å².